The smallest absolute Gasteiger partial charge is 0.325 e. The molecule has 0 aliphatic heterocycles. The maximum Gasteiger partial charge on any atom is 0.325 e. The van der Waals surface area contributed by atoms with Gasteiger partial charge in [-0.15, -0.1) is 0 Å². The molecule has 1 aromatic heterocycles. The average molecular weight is 387 g/mol. The number of fused-ring (bicyclic) bond motifs is 1. The first kappa shape index (κ1) is 18.1. The minimum absolute atomic E-state index is 0.0747. The number of hydrogen-bond donors (Lipinski definition) is 0. The molecule has 0 N–H and O–H groups in total. The lowest BCUT2D eigenvalue weighted by atomic mass is 10.2. The molecule has 5 nitrogen and oxygen atoms in total. The number of carbonyl (C=O) groups excluding carboxylic acids is 2. The summed E-state index contributed by atoms with van der Waals surface area (Å²) in [5.74, 6) is -0.867. The number of aromatic nitrogens is 1. The summed E-state index contributed by atoms with van der Waals surface area (Å²) in [7, 11) is 1.31. The second-order valence-electron chi connectivity index (χ2n) is 5.33. The summed E-state index contributed by atoms with van der Waals surface area (Å²) in [6, 6.07) is 14.9. The van der Waals surface area contributed by atoms with Gasteiger partial charge in [0.2, 0.25) is 0 Å². The van der Waals surface area contributed by atoms with Crippen LogP contribution >= 0.6 is 22.9 Å². The van der Waals surface area contributed by atoms with Crippen LogP contribution in [0, 0.1) is 0 Å². The van der Waals surface area contributed by atoms with E-state index in [-0.39, 0.29) is 6.54 Å². The topological polar surface area (TPSA) is 60.7 Å². The van der Waals surface area contributed by atoms with Crippen LogP contribution in [0.5, 0.6) is 0 Å². The van der Waals surface area contributed by atoms with Crippen molar-refractivity contribution in [1.82, 2.24) is 4.57 Å². The predicted molar refractivity (Wildman–Crippen MR) is 103 cm³/mol. The number of rotatable bonds is 4. The molecule has 0 atom stereocenters. The molecule has 1 amide bonds. The first-order valence-electron chi connectivity index (χ1n) is 7.75. The van der Waals surface area contributed by atoms with E-state index < -0.39 is 11.9 Å². The van der Waals surface area contributed by atoms with Gasteiger partial charge in [0, 0.05) is 6.08 Å². The largest absolute Gasteiger partial charge is 0.468 e. The lowest BCUT2D eigenvalue weighted by Crippen LogP contribution is -2.22. The Bertz CT molecular complexity index is 1050. The summed E-state index contributed by atoms with van der Waals surface area (Å²) in [5.41, 5.74) is 1.56. The molecular formula is C19H15ClN2O3S. The molecule has 0 spiro atoms. The zero-order valence-corrected chi connectivity index (χ0v) is 15.5. The first-order valence-corrected chi connectivity index (χ1v) is 8.94. The van der Waals surface area contributed by atoms with Crippen molar-refractivity contribution in [3.63, 3.8) is 0 Å². The van der Waals surface area contributed by atoms with E-state index in [0.717, 1.165) is 10.3 Å². The van der Waals surface area contributed by atoms with Crippen LogP contribution in [0.1, 0.15) is 5.56 Å². The van der Waals surface area contributed by atoms with Crippen LogP contribution in [-0.4, -0.2) is 23.6 Å². The van der Waals surface area contributed by atoms with Gasteiger partial charge >= 0.3 is 5.97 Å². The van der Waals surface area contributed by atoms with Gasteiger partial charge in [-0.3, -0.25) is 9.59 Å². The van der Waals surface area contributed by atoms with Gasteiger partial charge in [-0.1, -0.05) is 59.3 Å². The highest BCUT2D eigenvalue weighted by atomic mass is 35.5. The second kappa shape index (κ2) is 8.12. The molecule has 0 aliphatic rings. The molecule has 2 aromatic carbocycles. The van der Waals surface area contributed by atoms with Gasteiger partial charge in [0.05, 0.1) is 22.3 Å². The Balaban J connectivity index is 2.03. The number of thiazole rings is 1. The maximum absolute atomic E-state index is 12.2. The van der Waals surface area contributed by atoms with Crippen molar-refractivity contribution in [3.8, 4) is 0 Å². The molecule has 0 fully saturated rings. The highest BCUT2D eigenvalue weighted by Gasteiger charge is 2.13. The number of ether oxygens (including phenoxy) is 1. The number of amides is 1. The van der Waals surface area contributed by atoms with Gasteiger partial charge in [0.1, 0.15) is 6.54 Å². The van der Waals surface area contributed by atoms with Crippen LogP contribution in [0.2, 0.25) is 5.02 Å². The van der Waals surface area contributed by atoms with Crippen LogP contribution in [0.3, 0.4) is 0 Å². The minimum Gasteiger partial charge on any atom is -0.468 e. The zero-order chi connectivity index (χ0) is 18.5. The fourth-order valence-corrected chi connectivity index (χ4v) is 3.77. The zero-order valence-electron chi connectivity index (χ0n) is 13.9. The highest BCUT2D eigenvalue weighted by Crippen LogP contribution is 2.25. The van der Waals surface area contributed by atoms with E-state index in [2.05, 4.69) is 4.99 Å². The fraction of sp³-hybridized carbons (Fsp3) is 0.105. The van der Waals surface area contributed by atoms with Gasteiger partial charge < -0.3 is 9.30 Å². The van der Waals surface area contributed by atoms with Crippen molar-refractivity contribution in [2.75, 3.05) is 7.11 Å². The Labute approximate surface area is 158 Å². The normalized spacial score (nSPS) is 12.0. The number of methoxy groups -OCH3 is 1. The standard InChI is InChI=1S/C19H15ClN2O3S/c1-25-17(24)12-22-18-14(20)8-5-9-15(18)26-19(22)21-16(23)11-10-13-6-3-2-4-7-13/h2-11H,12H2,1H3. The maximum atomic E-state index is 12.2. The highest BCUT2D eigenvalue weighted by molar-refractivity contribution is 7.16. The molecule has 0 saturated carbocycles. The van der Waals surface area contributed by atoms with E-state index in [0.29, 0.717) is 15.3 Å². The van der Waals surface area contributed by atoms with E-state index in [1.165, 1.54) is 24.5 Å². The summed E-state index contributed by atoms with van der Waals surface area (Å²) in [5, 5.41) is 0.483. The molecule has 0 radical (unpaired) electrons. The Kier molecular flexibility index (Phi) is 5.65. The molecular weight excluding hydrogens is 372 g/mol. The van der Waals surface area contributed by atoms with Crippen LogP contribution in [0.15, 0.2) is 59.6 Å². The number of carbonyl (C=O) groups is 2. The van der Waals surface area contributed by atoms with Crippen molar-refractivity contribution in [3.05, 3.63) is 70.0 Å². The predicted octanol–water partition coefficient (Wildman–Crippen LogP) is 3.67. The van der Waals surface area contributed by atoms with E-state index in [9.17, 15) is 9.59 Å². The van der Waals surface area contributed by atoms with Crippen molar-refractivity contribution < 1.29 is 14.3 Å². The average Bonchev–Trinajstić information content (AvgIpc) is 2.99. The fourth-order valence-electron chi connectivity index (χ4n) is 2.38. The molecule has 0 unspecified atom stereocenters. The van der Waals surface area contributed by atoms with E-state index >= 15 is 0 Å². The van der Waals surface area contributed by atoms with E-state index in [1.807, 2.05) is 42.5 Å². The minimum atomic E-state index is -0.446. The summed E-state index contributed by atoms with van der Waals surface area (Å²) in [6.07, 6.45) is 3.08. The van der Waals surface area contributed by atoms with Gasteiger partial charge in [0.25, 0.3) is 5.91 Å². The van der Waals surface area contributed by atoms with Crippen LogP contribution in [0.25, 0.3) is 16.3 Å². The van der Waals surface area contributed by atoms with Crippen LogP contribution < -0.4 is 4.80 Å². The molecule has 7 heteroatoms. The van der Waals surface area contributed by atoms with Crippen molar-refractivity contribution in [2.24, 2.45) is 4.99 Å². The monoisotopic (exact) mass is 386 g/mol. The number of esters is 1. The van der Waals surface area contributed by atoms with E-state index in [1.54, 1.807) is 16.7 Å². The molecule has 0 saturated heterocycles. The lowest BCUT2D eigenvalue weighted by molar-refractivity contribution is -0.141. The van der Waals surface area contributed by atoms with E-state index in [4.69, 9.17) is 16.3 Å². The Morgan fingerprint density at radius 2 is 1.96 bits per heavy atom. The third-order valence-corrected chi connectivity index (χ3v) is 4.94. The first-order chi connectivity index (χ1) is 12.6. The van der Waals surface area contributed by atoms with Crippen molar-refractivity contribution >= 4 is 51.1 Å². The third-order valence-electron chi connectivity index (χ3n) is 3.59. The number of halogens is 1. The molecule has 26 heavy (non-hydrogen) atoms. The molecule has 132 valence electrons. The van der Waals surface area contributed by atoms with Gasteiger partial charge in [-0.05, 0) is 23.8 Å². The molecule has 3 rings (SSSR count). The lowest BCUT2D eigenvalue weighted by Gasteiger charge is -2.04. The summed E-state index contributed by atoms with van der Waals surface area (Å²) >= 11 is 7.56. The van der Waals surface area contributed by atoms with Crippen LogP contribution in [-0.2, 0) is 20.9 Å². The molecule has 0 bridgehead atoms. The van der Waals surface area contributed by atoms with Crippen molar-refractivity contribution in [1.29, 1.82) is 0 Å². The Hall–Kier alpha value is -2.70. The number of para-hydroxylation sites is 1. The summed E-state index contributed by atoms with van der Waals surface area (Å²) < 4.78 is 7.17. The second-order valence-corrected chi connectivity index (χ2v) is 6.74. The molecule has 0 aliphatic carbocycles. The Morgan fingerprint density at radius 1 is 1.19 bits per heavy atom. The Morgan fingerprint density at radius 3 is 2.69 bits per heavy atom. The summed E-state index contributed by atoms with van der Waals surface area (Å²) in [4.78, 5) is 28.5. The van der Waals surface area contributed by atoms with Gasteiger partial charge in [0.15, 0.2) is 4.80 Å². The van der Waals surface area contributed by atoms with Gasteiger partial charge in [-0.25, -0.2) is 0 Å². The number of hydrogen-bond acceptors (Lipinski definition) is 4. The SMILES string of the molecule is COC(=O)Cn1c(=NC(=O)C=Cc2ccccc2)sc2cccc(Cl)c21. The van der Waals surface area contributed by atoms with Gasteiger partial charge in [-0.2, -0.15) is 4.99 Å². The van der Waals surface area contributed by atoms with Crippen molar-refractivity contribution in [2.45, 2.75) is 6.54 Å². The van der Waals surface area contributed by atoms with Crippen LogP contribution in [0.4, 0.5) is 0 Å². The quantitative estimate of drug-likeness (QED) is 0.507. The summed E-state index contributed by atoms with van der Waals surface area (Å²) in [6.45, 7) is -0.0747. The number of benzene rings is 2. The third kappa shape index (κ3) is 4.09. The number of nitrogens with zero attached hydrogens (tertiary/aromatic N) is 2. The molecule has 1 heterocycles. The molecule has 3 aromatic rings.